The molecule has 3 heterocycles. The van der Waals surface area contributed by atoms with Gasteiger partial charge in [-0.2, -0.15) is 0 Å². The van der Waals surface area contributed by atoms with Gasteiger partial charge >= 0.3 is 6.09 Å². The number of aromatic nitrogens is 2. The molecule has 30 heavy (non-hydrogen) atoms. The number of pyridine rings is 2. The third-order valence-electron chi connectivity index (χ3n) is 6.58. The summed E-state index contributed by atoms with van der Waals surface area (Å²) in [6, 6.07) is 9.58. The summed E-state index contributed by atoms with van der Waals surface area (Å²) in [6.45, 7) is 1.47. The van der Waals surface area contributed by atoms with Gasteiger partial charge in [-0.3, -0.25) is 4.90 Å². The highest BCUT2D eigenvalue weighted by Crippen LogP contribution is 2.40. The minimum Gasteiger partial charge on any atom is -0.489 e. The fourth-order valence-corrected chi connectivity index (χ4v) is 4.47. The van der Waals surface area contributed by atoms with Gasteiger partial charge in [0, 0.05) is 12.7 Å². The maximum Gasteiger partial charge on any atom is 0.416 e. The lowest BCUT2D eigenvalue weighted by molar-refractivity contribution is 0.0148. The van der Waals surface area contributed by atoms with Crippen LogP contribution in [0.3, 0.4) is 0 Å². The highest BCUT2D eigenvalue weighted by atomic mass is 16.6. The predicted molar refractivity (Wildman–Crippen MR) is 114 cm³/mol. The summed E-state index contributed by atoms with van der Waals surface area (Å²) >= 11 is 0. The van der Waals surface area contributed by atoms with Gasteiger partial charge < -0.3 is 14.8 Å². The Bertz CT molecular complexity index is 862. The molecule has 1 saturated heterocycles. The van der Waals surface area contributed by atoms with Crippen LogP contribution >= 0.6 is 0 Å². The largest absolute Gasteiger partial charge is 0.489 e. The van der Waals surface area contributed by atoms with E-state index in [4.69, 9.17) is 9.47 Å². The molecule has 1 spiro atoms. The lowest BCUT2D eigenvalue weighted by atomic mass is 9.78. The third-order valence-corrected chi connectivity index (χ3v) is 6.58. The van der Waals surface area contributed by atoms with E-state index in [1.807, 2.05) is 30.3 Å². The van der Waals surface area contributed by atoms with E-state index < -0.39 is 0 Å². The second-order valence-electron chi connectivity index (χ2n) is 8.70. The summed E-state index contributed by atoms with van der Waals surface area (Å²) in [5.74, 6) is 2.94. The topological polar surface area (TPSA) is 76.6 Å². The normalized spacial score (nSPS) is 26.3. The molecule has 1 amide bonds. The van der Waals surface area contributed by atoms with Crippen molar-refractivity contribution < 1.29 is 14.3 Å². The number of nitrogens with zero attached hydrogens (tertiary/aromatic N) is 3. The van der Waals surface area contributed by atoms with Crippen LogP contribution < -0.4 is 15.0 Å². The molecule has 0 aromatic carbocycles. The van der Waals surface area contributed by atoms with E-state index in [-0.39, 0.29) is 11.7 Å². The van der Waals surface area contributed by atoms with E-state index >= 15 is 0 Å². The molecule has 158 valence electrons. The highest BCUT2D eigenvalue weighted by Gasteiger charge is 2.47. The van der Waals surface area contributed by atoms with Gasteiger partial charge in [0.1, 0.15) is 23.0 Å². The molecule has 0 atom stereocenters. The molecule has 0 radical (unpaired) electrons. The Labute approximate surface area is 176 Å². The Kier molecular flexibility index (Phi) is 5.19. The number of anilines is 2. The monoisotopic (exact) mass is 408 g/mol. The lowest BCUT2D eigenvalue weighted by Gasteiger charge is -2.35. The first-order valence-electron chi connectivity index (χ1n) is 11.0. The van der Waals surface area contributed by atoms with E-state index in [1.54, 1.807) is 17.3 Å². The highest BCUT2D eigenvalue weighted by molar-refractivity contribution is 5.89. The molecule has 0 unspecified atom stereocenters. The van der Waals surface area contributed by atoms with Crippen molar-refractivity contribution in [3.8, 4) is 5.75 Å². The Morgan fingerprint density at radius 3 is 2.67 bits per heavy atom. The summed E-state index contributed by atoms with van der Waals surface area (Å²) < 4.78 is 11.7. The molecule has 5 rings (SSSR count). The minimum absolute atomic E-state index is 0.279. The summed E-state index contributed by atoms with van der Waals surface area (Å²) in [4.78, 5) is 22.8. The van der Waals surface area contributed by atoms with Gasteiger partial charge in [-0.1, -0.05) is 6.07 Å². The molecule has 3 aliphatic rings. The Morgan fingerprint density at radius 2 is 2.00 bits per heavy atom. The second kappa shape index (κ2) is 8.13. The molecule has 2 aromatic rings. The SMILES string of the molecule is O=C1O[C@]2(CC[C@H](CNc3ccc(OC4CCC4)cn3)CC2)CN1c1ccccn1. The summed E-state index contributed by atoms with van der Waals surface area (Å²) in [6.07, 6.45) is 11.0. The molecular weight excluding hydrogens is 380 g/mol. The van der Waals surface area contributed by atoms with Crippen LogP contribution in [-0.2, 0) is 4.74 Å². The number of nitrogens with one attached hydrogen (secondary N) is 1. The number of rotatable bonds is 6. The van der Waals surface area contributed by atoms with Crippen LogP contribution in [0.4, 0.5) is 16.4 Å². The van der Waals surface area contributed by atoms with Crippen LogP contribution in [0.15, 0.2) is 42.7 Å². The smallest absolute Gasteiger partial charge is 0.416 e. The quantitative estimate of drug-likeness (QED) is 0.763. The maximum atomic E-state index is 12.4. The Balaban J connectivity index is 1.10. The third kappa shape index (κ3) is 4.06. The molecule has 2 aromatic heterocycles. The zero-order valence-electron chi connectivity index (χ0n) is 17.1. The van der Waals surface area contributed by atoms with E-state index in [9.17, 15) is 4.79 Å². The predicted octanol–water partition coefficient (Wildman–Crippen LogP) is 4.41. The lowest BCUT2D eigenvalue weighted by Crippen LogP contribution is -2.39. The second-order valence-corrected chi connectivity index (χ2v) is 8.70. The first kappa shape index (κ1) is 19.2. The van der Waals surface area contributed by atoms with Crippen molar-refractivity contribution in [3.63, 3.8) is 0 Å². The van der Waals surface area contributed by atoms with Crippen molar-refractivity contribution in [1.82, 2.24) is 9.97 Å². The van der Waals surface area contributed by atoms with Gasteiger partial charge in [0.05, 0.1) is 18.8 Å². The van der Waals surface area contributed by atoms with Gasteiger partial charge in [-0.15, -0.1) is 0 Å². The molecule has 2 saturated carbocycles. The van der Waals surface area contributed by atoms with Gasteiger partial charge in [-0.05, 0) is 75.1 Å². The van der Waals surface area contributed by atoms with Crippen molar-refractivity contribution in [2.24, 2.45) is 5.92 Å². The van der Waals surface area contributed by atoms with Crippen LogP contribution in [0.5, 0.6) is 5.75 Å². The Hall–Kier alpha value is -2.83. The zero-order valence-corrected chi connectivity index (χ0v) is 17.1. The molecular formula is C23H28N4O3. The summed E-state index contributed by atoms with van der Waals surface area (Å²) in [5.41, 5.74) is -0.371. The van der Waals surface area contributed by atoms with Crippen molar-refractivity contribution in [2.75, 3.05) is 23.3 Å². The first-order chi connectivity index (χ1) is 14.7. The summed E-state index contributed by atoms with van der Waals surface area (Å²) in [7, 11) is 0. The maximum absolute atomic E-state index is 12.4. The van der Waals surface area contributed by atoms with Crippen LogP contribution in [-0.4, -0.2) is 40.9 Å². The fraction of sp³-hybridized carbons (Fsp3) is 0.522. The molecule has 1 N–H and O–H groups in total. The van der Waals surface area contributed by atoms with Crippen LogP contribution in [0.25, 0.3) is 0 Å². The van der Waals surface area contributed by atoms with Crippen LogP contribution in [0.2, 0.25) is 0 Å². The van der Waals surface area contributed by atoms with Crippen molar-refractivity contribution in [2.45, 2.75) is 56.7 Å². The molecule has 0 bridgehead atoms. The van der Waals surface area contributed by atoms with Gasteiger partial charge in [0.15, 0.2) is 0 Å². The fourth-order valence-electron chi connectivity index (χ4n) is 4.47. The number of carbonyl (C=O) groups excluding carboxylic acids is 1. The molecule has 7 nitrogen and oxygen atoms in total. The standard InChI is InChI=1S/C23H28N4O3/c28-22-27(21-6-1-2-13-24-21)16-23(30-22)11-9-17(10-12-23)14-25-20-8-7-19(15-26-20)29-18-4-3-5-18/h1-2,6-8,13,15,17-18H,3-5,9-12,14,16H2,(H,25,26)/t17-,23-. The van der Waals surface area contributed by atoms with E-state index in [0.29, 0.717) is 24.4 Å². The number of carbonyl (C=O) groups is 1. The number of ether oxygens (including phenoxy) is 2. The minimum atomic E-state index is -0.371. The molecule has 2 aliphatic carbocycles. The van der Waals surface area contributed by atoms with E-state index in [1.165, 1.54) is 6.42 Å². The van der Waals surface area contributed by atoms with E-state index in [2.05, 4.69) is 15.3 Å². The molecule has 3 fully saturated rings. The average molecular weight is 409 g/mol. The van der Waals surface area contributed by atoms with Crippen molar-refractivity contribution in [1.29, 1.82) is 0 Å². The van der Waals surface area contributed by atoms with Gasteiger partial charge in [-0.25, -0.2) is 14.8 Å². The summed E-state index contributed by atoms with van der Waals surface area (Å²) in [5, 5.41) is 3.45. The van der Waals surface area contributed by atoms with Gasteiger partial charge in [0.2, 0.25) is 0 Å². The first-order valence-corrected chi connectivity index (χ1v) is 11.0. The zero-order chi connectivity index (χ0) is 20.4. The molecule has 1 aliphatic heterocycles. The number of hydrogen-bond donors (Lipinski definition) is 1. The number of hydrogen-bond acceptors (Lipinski definition) is 6. The van der Waals surface area contributed by atoms with Crippen LogP contribution in [0, 0.1) is 5.92 Å². The van der Waals surface area contributed by atoms with Crippen molar-refractivity contribution in [3.05, 3.63) is 42.7 Å². The molecule has 7 heteroatoms. The van der Waals surface area contributed by atoms with E-state index in [0.717, 1.165) is 56.6 Å². The number of amides is 1. The van der Waals surface area contributed by atoms with Crippen molar-refractivity contribution >= 4 is 17.7 Å². The van der Waals surface area contributed by atoms with Gasteiger partial charge in [0.25, 0.3) is 0 Å². The Morgan fingerprint density at radius 1 is 1.13 bits per heavy atom. The van der Waals surface area contributed by atoms with Crippen LogP contribution in [0.1, 0.15) is 44.9 Å². The average Bonchev–Trinajstić information content (AvgIpc) is 3.08.